The smallest absolute Gasteiger partial charge is 0.256 e. The van der Waals surface area contributed by atoms with E-state index in [2.05, 4.69) is 26.2 Å². The number of nitrogens with zero attached hydrogens (tertiary/aromatic N) is 1. The number of rotatable bonds is 2. The highest BCUT2D eigenvalue weighted by Gasteiger charge is 2.14. The van der Waals surface area contributed by atoms with Gasteiger partial charge in [0.1, 0.15) is 5.82 Å². The summed E-state index contributed by atoms with van der Waals surface area (Å²) in [6.45, 7) is 1.80. The lowest BCUT2D eigenvalue weighted by molar-refractivity contribution is 0.102. The van der Waals surface area contributed by atoms with E-state index in [1.807, 2.05) is 18.2 Å². The molecule has 0 atom stereocenters. The lowest BCUT2D eigenvalue weighted by atomic mass is 10.1. The fraction of sp³-hybridized carbons (Fsp3) is 0.0588. The van der Waals surface area contributed by atoms with Crippen LogP contribution >= 0.6 is 15.9 Å². The van der Waals surface area contributed by atoms with Crippen molar-refractivity contribution in [1.29, 1.82) is 0 Å². The lowest BCUT2D eigenvalue weighted by Crippen LogP contribution is -2.13. The Morgan fingerprint density at radius 2 is 1.95 bits per heavy atom. The number of fused-ring (bicyclic) bond motifs is 1. The summed E-state index contributed by atoms with van der Waals surface area (Å²) in [5.41, 5.74) is 2.36. The average Bonchev–Trinajstić information content (AvgIpc) is 2.49. The summed E-state index contributed by atoms with van der Waals surface area (Å²) < 4.78 is 14.3. The third kappa shape index (κ3) is 2.85. The van der Waals surface area contributed by atoms with Crippen LogP contribution in [0, 0.1) is 12.7 Å². The zero-order valence-electron chi connectivity index (χ0n) is 11.7. The molecule has 0 aliphatic rings. The molecule has 110 valence electrons. The van der Waals surface area contributed by atoms with E-state index in [1.165, 1.54) is 12.1 Å². The lowest BCUT2D eigenvalue weighted by Gasteiger charge is -2.10. The number of aromatic nitrogens is 1. The highest BCUT2D eigenvalue weighted by atomic mass is 79.9. The van der Waals surface area contributed by atoms with E-state index in [0.717, 1.165) is 4.47 Å². The fourth-order valence-electron chi connectivity index (χ4n) is 2.27. The number of aryl methyl sites for hydroxylation is 1. The van der Waals surface area contributed by atoms with Crippen LogP contribution in [0.25, 0.3) is 10.9 Å². The van der Waals surface area contributed by atoms with Gasteiger partial charge < -0.3 is 5.32 Å². The molecule has 0 unspecified atom stereocenters. The molecule has 0 aliphatic heterocycles. The number of carbonyl (C=O) groups is 1. The Bertz CT molecular complexity index is 880. The molecule has 0 saturated heterocycles. The zero-order valence-corrected chi connectivity index (χ0v) is 13.3. The zero-order chi connectivity index (χ0) is 15.7. The quantitative estimate of drug-likeness (QED) is 0.721. The maximum Gasteiger partial charge on any atom is 0.256 e. The van der Waals surface area contributed by atoms with E-state index in [9.17, 15) is 9.18 Å². The van der Waals surface area contributed by atoms with Gasteiger partial charge in [-0.2, -0.15) is 0 Å². The average molecular weight is 359 g/mol. The summed E-state index contributed by atoms with van der Waals surface area (Å²) in [5, 5.41) is 3.32. The highest BCUT2D eigenvalue weighted by Crippen LogP contribution is 2.24. The van der Waals surface area contributed by atoms with Gasteiger partial charge in [0.15, 0.2) is 0 Å². The van der Waals surface area contributed by atoms with Gasteiger partial charge in [0.2, 0.25) is 0 Å². The van der Waals surface area contributed by atoms with Crippen molar-refractivity contribution in [2.75, 3.05) is 5.32 Å². The standard InChI is InChI=1S/C17H12BrFN2O/c1-10-8-13(12-9-11(19)6-7-15(12)20-10)17(22)21-16-5-3-2-4-14(16)18/h2-9H,1H3,(H,21,22). The van der Waals surface area contributed by atoms with E-state index in [0.29, 0.717) is 27.8 Å². The van der Waals surface area contributed by atoms with Gasteiger partial charge in [0, 0.05) is 15.6 Å². The van der Waals surface area contributed by atoms with Gasteiger partial charge in [0.05, 0.1) is 16.8 Å². The number of pyridine rings is 1. The molecule has 0 fully saturated rings. The van der Waals surface area contributed by atoms with Gasteiger partial charge in [-0.25, -0.2) is 4.39 Å². The number of hydrogen-bond acceptors (Lipinski definition) is 2. The van der Waals surface area contributed by atoms with Crippen LogP contribution in [-0.2, 0) is 0 Å². The minimum Gasteiger partial charge on any atom is -0.321 e. The molecule has 0 spiro atoms. The van der Waals surface area contributed by atoms with Crippen molar-refractivity contribution in [3.63, 3.8) is 0 Å². The van der Waals surface area contributed by atoms with Crippen LogP contribution in [-0.4, -0.2) is 10.9 Å². The summed E-state index contributed by atoms with van der Waals surface area (Å²) in [4.78, 5) is 16.9. The molecule has 3 rings (SSSR count). The first kappa shape index (κ1) is 14.7. The summed E-state index contributed by atoms with van der Waals surface area (Å²) in [6, 6.07) is 13.2. The summed E-state index contributed by atoms with van der Waals surface area (Å²) in [5.74, 6) is -0.693. The second kappa shape index (κ2) is 5.85. The fourth-order valence-corrected chi connectivity index (χ4v) is 2.65. The van der Waals surface area contributed by atoms with Crippen molar-refractivity contribution in [1.82, 2.24) is 4.98 Å². The molecule has 22 heavy (non-hydrogen) atoms. The van der Waals surface area contributed by atoms with Gasteiger partial charge in [-0.15, -0.1) is 0 Å². The van der Waals surface area contributed by atoms with Crippen LogP contribution < -0.4 is 5.32 Å². The summed E-state index contributed by atoms with van der Waals surface area (Å²) >= 11 is 3.39. The molecule has 0 radical (unpaired) electrons. The van der Waals surface area contributed by atoms with Gasteiger partial charge in [-0.3, -0.25) is 9.78 Å². The predicted molar refractivity (Wildman–Crippen MR) is 88.5 cm³/mol. The van der Waals surface area contributed by atoms with Crippen LogP contribution in [0.1, 0.15) is 16.1 Å². The van der Waals surface area contributed by atoms with Gasteiger partial charge in [-0.1, -0.05) is 12.1 Å². The molecule has 1 N–H and O–H groups in total. The minimum absolute atomic E-state index is 0.298. The van der Waals surface area contributed by atoms with Gasteiger partial charge in [-0.05, 0) is 59.3 Å². The molecule has 5 heteroatoms. The Morgan fingerprint density at radius 1 is 1.18 bits per heavy atom. The van der Waals surface area contributed by atoms with E-state index in [-0.39, 0.29) is 5.91 Å². The summed E-state index contributed by atoms with van der Waals surface area (Å²) in [7, 11) is 0. The number of anilines is 1. The van der Waals surface area contributed by atoms with Crippen LogP contribution in [0.5, 0.6) is 0 Å². The molecule has 1 aromatic heterocycles. The molecule has 1 heterocycles. The maximum atomic E-state index is 13.5. The normalized spacial score (nSPS) is 10.7. The SMILES string of the molecule is Cc1cc(C(=O)Nc2ccccc2Br)c2cc(F)ccc2n1. The third-order valence-corrected chi connectivity index (χ3v) is 3.96. The van der Waals surface area contributed by atoms with Crippen molar-refractivity contribution >= 4 is 38.4 Å². The number of halogens is 2. The van der Waals surface area contributed by atoms with Crippen molar-refractivity contribution in [2.24, 2.45) is 0 Å². The molecule has 0 bridgehead atoms. The number of hydrogen-bond donors (Lipinski definition) is 1. The van der Waals surface area contributed by atoms with Crippen molar-refractivity contribution in [3.8, 4) is 0 Å². The number of nitrogens with one attached hydrogen (secondary N) is 1. The highest BCUT2D eigenvalue weighted by molar-refractivity contribution is 9.10. The number of benzene rings is 2. The molecule has 0 aliphatic carbocycles. The first-order valence-electron chi connectivity index (χ1n) is 6.67. The van der Waals surface area contributed by atoms with Crippen molar-refractivity contribution < 1.29 is 9.18 Å². The number of carbonyl (C=O) groups excluding carboxylic acids is 1. The first-order chi connectivity index (χ1) is 10.5. The molecule has 2 aromatic carbocycles. The van der Waals surface area contributed by atoms with Crippen molar-refractivity contribution in [3.05, 3.63) is 70.1 Å². The van der Waals surface area contributed by atoms with E-state index < -0.39 is 5.82 Å². The van der Waals surface area contributed by atoms with Crippen LogP contribution in [0.2, 0.25) is 0 Å². The van der Waals surface area contributed by atoms with E-state index in [1.54, 1.807) is 25.1 Å². The molecule has 3 aromatic rings. The number of para-hydroxylation sites is 1. The first-order valence-corrected chi connectivity index (χ1v) is 7.47. The summed E-state index contributed by atoms with van der Waals surface area (Å²) in [6.07, 6.45) is 0. The minimum atomic E-state index is -0.395. The largest absolute Gasteiger partial charge is 0.321 e. The van der Waals surface area contributed by atoms with E-state index >= 15 is 0 Å². The monoisotopic (exact) mass is 358 g/mol. The Morgan fingerprint density at radius 3 is 2.73 bits per heavy atom. The van der Waals surface area contributed by atoms with Crippen LogP contribution in [0.15, 0.2) is 53.0 Å². The molecule has 3 nitrogen and oxygen atoms in total. The van der Waals surface area contributed by atoms with Crippen molar-refractivity contribution in [2.45, 2.75) is 6.92 Å². The molecular formula is C17H12BrFN2O. The Kier molecular flexibility index (Phi) is 3.90. The second-order valence-corrected chi connectivity index (χ2v) is 5.76. The number of amides is 1. The second-order valence-electron chi connectivity index (χ2n) is 4.91. The Labute approximate surface area is 135 Å². The Hall–Kier alpha value is -2.27. The maximum absolute atomic E-state index is 13.5. The predicted octanol–water partition coefficient (Wildman–Crippen LogP) is 4.70. The Balaban J connectivity index is 2.07. The molecular weight excluding hydrogens is 347 g/mol. The van der Waals surface area contributed by atoms with E-state index in [4.69, 9.17) is 0 Å². The van der Waals surface area contributed by atoms with Crippen LogP contribution in [0.4, 0.5) is 10.1 Å². The third-order valence-electron chi connectivity index (χ3n) is 3.27. The van der Waals surface area contributed by atoms with Gasteiger partial charge >= 0.3 is 0 Å². The molecule has 1 amide bonds. The topological polar surface area (TPSA) is 42.0 Å². The van der Waals surface area contributed by atoms with Crippen LogP contribution in [0.3, 0.4) is 0 Å². The van der Waals surface area contributed by atoms with Gasteiger partial charge in [0.25, 0.3) is 5.91 Å². The molecule has 0 saturated carbocycles.